The molecule has 0 aromatic rings. The number of nitrogens with one attached hydrogen (secondary N) is 1. The van der Waals surface area contributed by atoms with Crippen LogP contribution in [0.2, 0.25) is 25.7 Å². The maximum absolute atomic E-state index is 5.83. The zero-order valence-electron chi connectivity index (χ0n) is 9.20. The lowest BCUT2D eigenvalue weighted by Gasteiger charge is -2.21. The Kier molecular flexibility index (Phi) is 4.44. The quantitative estimate of drug-likeness (QED) is 0.508. The van der Waals surface area contributed by atoms with Crippen molar-refractivity contribution in [1.29, 1.82) is 0 Å². The van der Waals surface area contributed by atoms with Crippen LogP contribution in [-0.2, 0) is 0 Å². The Labute approximate surface area is 77.9 Å². The Morgan fingerprint density at radius 2 is 1.75 bits per heavy atom. The van der Waals surface area contributed by atoms with E-state index in [2.05, 4.69) is 38.8 Å². The molecule has 0 aliphatic rings. The summed E-state index contributed by atoms with van der Waals surface area (Å²) in [6, 6.07) is 1.34. The van der Waals surface area contributed by atoms with Gasteiger partial charge in [-0.3, -0.25) is 0 Å². The molecule has 0 aliphatic carbocycles. The van der Waals surface area contributed by atoms with Crippen LogP contribution in [0.25, 0.3) is 0 Å². The van der Waals surface area contributed by atoms with E-state index >= 15 is 0 Å². The molecular weight excluding hydrogens is 164 g/mol. The van der Waals surface area contributed by atoms with Crippen molar-refractivity contribution < 1.29 is 0 Å². The first-order chi connectivity index (χ1) is 5.21. The normalized spacial score (nSPS) is 13.5. The van der Waals surface area contributed by atoms with E-state index in [1.807, 2.05) is 0 Å². The van der Waals surface area contributed by atoms with Crippen LogP contribution >= 0.6 is 0 Å². The summed E-state index contributed by atoms with van der Waals surface area (Å²) in [6.45, 7) is 13.3. The lowest BCUT2D eigenvalue weighted by molar-refractivity contribution is 0.474. The summed E-state index contributed by atoms with van der Waals surface area (Å²) in [6.07, 6.45) is 0. The zero-order chi connectivity index (χ0) is 9.83. The smallest absolute Gasteiger partial charge is 0.0455 e. The molecular formula is C9H24N2Si. The van der Waals surface area contributed by atoms with Gasteiger partial charge in [0.2, 0.25) is 0 Å². The molecule has 0 bridgehead atoms. The minimum atomic E-state index is -0.857. The molecule has 0 atom stereocenters. The first-order valence-electron chi connectivity index (χ1n) is 4.70. The second-order valence-electron chi connectivity index (χ2n) is 5.48. The maximum atomic E-state index is 5.83. The first-order valence-corrected chi connectivity index (χ1v) is 8.41. The maximum Gasteiger partial charge on any atom is 0.0455 e. The highest BCUT2D eigenvalue weighted by Crippen LogP contribution is 2.06. The Bertz CT molecular complexity index is 105. The monoisotopic (exact) mass is 188 g/mol. The van der Waals surface area contributed by atoms with Crippen molar-refractivity contribution in [2.24, 2.45) is 5.73 Å². The van der Waals surface area contributed by atoms with Gasteiger partial charge in [0.05, 0.1) is 0 Å². The van der Waals surface area contributed by atoms with E-state index in [1.54, 1.807) is 0 Å². The Hall–Kier alpha value is 0.137. The molecule has 12 heavy (non-hydrogen) atoms. The highest BCUT2D eigenvalue weighted by atomic mass is 28.3. The van der Waals surface area contributed by atoms with Crippen LogP contribution in [0.3, 0.4) is 0 Å². The molecule has 0 heterocycles. The molecule has 0 unspecified atom stereocenters. The second kappa shape index (κ2) is 4.39. The molecule has 0 aromatic carbocycles. The van der Waals surface area contributed by atoms with E-state index < -0.39 is 8.07 Å². The molecule has 2 nitrogen and oxygen atoms in total. The molecule has 0 aliphatic heterocycles. The predicted molar refractivity (Wildman–Crippen MR) is 59.3 cm³/mol. The van der Waals surface area contributed by atoms with Gasteiger partial charge in [-0.05, 0) is 26.4 Å². The number of hydrogen-bond acceptors (Lipinski definition) is 2. The summed E-state index contributed by atoms with van der Waals surface area (Å²) < 4.78 is 0. The van der Waals surface area contributed by atoms with Gasteiger partial charge in [-0.15, -0.1) is 0 Å². The van der Waals surface area contributed by atoms with E-state index in [4.69, 9.17) is 5.73 Å². The summed E-state index contributed by atoms with van der Waals surface area (Å²) in [7, 11) is -0.857. The second-order valence-corrected chi connectivity index (χ2v) is 11.1. The Morgan fingerprint density at radius 3 is 2.08 bits per heavy atom. The van der Waals surface area contributed by atoms with Gasteiger partial charge in [0.1, 0.15) is 0 Å². The molecule has 0 saturated heterocycles. The van der Waals surface area contributed by atoms with Crippen molar-refractivity contribution in [1.82, 2.24) is 5.32 Å². The molecule has 0 spiro atoms. The van der Waals surface area contributed by atoms with Crippen LogP contribution in [0.1, 0.15) is 13.8 Å². The highest BCUT2D eigenvalue weighted by molar-refractivity contribution is 6.76. The SMILES string of the molecule is CC(C)(N)CNCC[Si](C)(C)C. The van der Waals surface area contributed by atoms with Gasteiger partial charge in [-0.25, -0.2) is 0 Å². The fraction of sp³-hybridized carbons (Fsp3) is 1.00. The van der Waals surface area contributed by atoms with Gasteiger partial charge in [-0.1, -0.05) is 19.6 Å². The minimum absolute atomic E-state index is 0.0700. The van der Waals surface area contributed by atoms with Crippen molar-refractivity contribution in [2.45, 2.75) is 45.1 Å². The standard InChI is InChI=1S/C9H24N2Si/c1-9(2,10)8-11-6-7-12(3,4)5/h11H,6-8,10H2,1-5H3. The number of nitrogens with two attached hydrogens (primary N) is 1. The van der Waals surface area contributed by atoms with E-state index in [1.165, 1.54) is 6.04 Å². The Balaban J connectivity index is 3.35. The molecule has 3 heteroatoms. The summed E-state index contributed by atoms with van der Waals surface area (Å²) in [5, 5.41) is 3.39. The fourth-order valence-electron chi connectivity index (χ4n) is 0.874. The third-order valence-corrected chi connectivity index (χ3v) is 3.38. The van der Waals surface area contributed by atoms with E-state index in [0.717, 1.165) is 13.1 Å². The van der Waals surface area contributed by atoms with Crippen molar-refractivity contribution in [3.05, 3.63) is 0 Å². The van der Waals surface area contributed by atoms with Crippen molar-refractivity contribution in [3.63, 3.8) is 0 Å². The van der Waals surface area contributed by atoms with E-state index in [9.17, 15) is 0 Å². The summed E-state index contributed by atoms with van der Waals surface area (Å²) in [4.78, 5) is 0. The van der Waals surface area contributed by atoms with Crippen LogP contribution < -0.4 is 11.1 Å². The Morgan fingerprint density at radius 1 is 1.25 bits per heavy atom. The zero-order valence-corrected chi connectivity index (χ0v) is 10.2. The molecule has 0 fully saturated rings. The first kappa shape index (κ1) is 12.1. The van der Waals surface area contributed by atoms with Gasteiger partial charge in [-0.2, -0.15) is 0 Å². The lowest BCUT2D eigenvalue weighted by Crippen LogP contribution is -2.44. The molecule has 74 valence electrons. The molecule has 0 aromatic heterocycles. The minimum Gasteiger partial charge on any atom is -0.324 e. The number of hydrogen-bond donors (Lipinski definition) is 2. The van der Waals surface area contributed by atoms with E-state index in [-0.39, 0.29) is 5.54 Å². The molecule has 3 N–H and O–H groups in total. The predicted octanol–water partition coefficient (Wildman–Crippen LogP) is 1.65. The van der Waals surface area contributed by atoms with Gasteiger partial charge in [0.25, 0.3) is 0 Å². The number of rotatable bonds is 5. The van der Waals surface area contributed by atoms with E-state index in [0.29, 0.717) is 0 Å². The van der Waals surface area contributed by atoms with Crippen LogP contribution in [0.5, 0.6) is 0 Å². The molecule has 0 radical (unpaired) electrons. The van der Waals surface area contributed by atoms with Gasteiger partial charge < -0.3 is 11.1 Å². The van der Waals surface area contributed by atoms with Gasteiger partial charge >= 0.3 is 0 Å². The molecule has 0 amide bonds. The van der Waals surface area contributed by atoms with Crippen molar-refractivity contribution in [2.75, 3.05) is 13.1 Å². The van der Waals surface area contributed by atoms with Crippen molar-refractivity contribution in [3.8, 4) is 0 Å². The topological polar surface area (TPSA) is 38.0 Å². The average Bonchev–Trinajstić information content (AvgIpc) is 1.76. The van der Waals surface area contributed by atoms with Gasteiger partial charge in [0.15, 0.2) is 0 Å². The van der Waals surface area contributed by atoms with Crippen LogP contribution in [-0.4, -0.2) is 26.7 Å². The van der Waals surface area contributed by atoms with Crippen LogP contribution in [0, 0.1) is 0 Å². The summed E-state index contributed by atoms with van der Waals surface area (Å²) >= 11 is 0. The van der Waals surface area contributed by atoms with Crippen molar-refractivity contribution >= 4 is 8.07 Å². The van der Waals surface area contributed by atoms with Crippen LogP contribution in [0.4, 0.5) is 0 Å². The largest absolute Gasteiger partial charge is 0.324 e. The fourth-order valence-corrected chi connectivity index (χ4v) is 1.80. The highest BCUT2D eigenvalue weighted by Gasteiger charge is 2.13. The third kappa shape index (κ3) is 10.1. The lowest BCUT2D eigenvalue weighted by atomic mass is 10.1. The molecule has 0 saturated carbocycles. The summed E-state index contributed by atoms with van der Waals surface area (Å²) in [5.41, 5.74) is 5.76. The van der Waals surface area contributed by atoms with Crippen LogP contribution in [0.15, 0.2) is 0 Å². The van der Waals surface area contributed by atoms with Gasteiger partial charge in [0, 0.05) is 20.2 Å². The third-order valence-electron chi connectivity index (χ3n) is 1.63. The average molecular weight is 188 g/mol. The summed E-state index contributed by atoms with van der Waals surface area (Å²) in [5.74, 6) is 0. The molecule has 0 rings (SSSR count).